The Hall–Kier alpha value is 0.620. The summed E-state index contributed by atoms with van der Waals surface area (Å²) in [6.45, 7) is 6.51. The third-order valence-corrected chi connectivity index (χ3v) is 5.96. The highest BCUT2D eigenvalue weighted by atomic mass is 32.2. The van der Waals surface area contributed by atoms with E-state index in [1.165, 1.54) is 17.3 Å². The van der Waals surface area contributed by atoms with Gasteiger partial charge in [0.2, 0.25) is 0 Å². The Balaban J connectivity index is 2.43. The van der Waals surface area contributed by atoms with E-state index in [4.69, 9.17) is 4.74 Å². The van der Waals surface area contributed by atoms with Gasteiger partial charge in [0.05, 0.1) is 0 Å². The molecule has 1 rings (SSSR count). The van der Waals surface area contributed by atoms with Crippen LogP contribution < -0.4 is 5.32 Å². The van der Waals surface area contributed by atoms with Gasteiger partial charge in [-0.15, -0.1) is 0 Å². The topological polar surface area (TPSA) is 21.3 Å². The van der Waals surface area contributed by atoms with E-state index in [-0.39, 0.29) is 0 Å². The molecule has 0 aromatic heterocycles. The minimum Gasteiger partial charge on any atom is -0.385 e. The molecule has 0 amide bonds. The maximum atomic E-state index is 5.19. The molecule has 16 heavy (non-hydrogen) atoms. The summed E-state index contributed by atoms with van der Waals surface area (Å²) < 4.78 is 5.19. The van der Waals surface area contributed by atoms with Crippen molar-refractivity contribution in [3.05, 3.63) is 0 Å². The fraction of sp³-hybridized carbons (Fsp3) is 1.00. The summed E-state index contributed by atoms with van der Waals surface area (Å²) in [5, 5.41) is 4.45. The second-order valence-electron chi connectivity index (χ2n) is 4.33. The van der Waals surface area contributed by atoms with Crippen LogP contribution in [0.5, 0.6) is 0 Å². The predicted octanol–water partition coefficient (Wildman–Crippen LogP) is 2.49. The average Bonchev–Trinajstić information content (AvgIpc) is 2.34. The predicted molar refractivity (Wildman–Crippen MR) is 76.7 cm³/mol. The Kier molecular flexibility index (Phi) is 7.96. The molecule has 2 nitrogen and oxygen atoms in total. The van der Waals surface area contributed by atoms with E-state index < -0.39 is 0 Å². The van der Waals surface area contributed by atoms with Crippen LogP contribution in [-0.2, 0) is 4.74 Å². The average molecular weight is 263 g/mol. The molecular weight excluding hydrogens is 238 g/mol. The minimum absolute atomic E-state index is 0.651. The third-order valence-electron chi connectivity index (χ3n) is 3.07. The first-order valence-corrected chi connectivity index (χ1v) is 8.41. The summed E-state index contributed by atoms with van der Waals surface area (Å²) in [5.74, 6) is 4.65. The molecule has 4 heteroatoms. The lowest BCUT2D eigenvalue weighted by atomic mass is 9.96. The molecule has 0 aromatic rings. The van der Waals surface area contributed by atoms with Crippen LogP contribution in [0, 0.1) is 5.92 Å². The number of ether oxygens (including phenoxy) is 1. The molecule has 0 aliphatic carbocycles. The van der Waals surface area contributed by atoms with Crippen molar-refractivity contribution < 1.29 is 4.74 Å². The van der Waals surface area contributed by atoms with Crippen molar-refractivity contribution in [2.24, 2.45) is 5.92 Å². The number of methoxy groups -OCH3 is 1. The van der Waals surface area contributed by atoms with Crippen molar-refractivity contribution in [1.82, 2.24) is 5.32 Å². The highest BCUT2D eigenvalue weighted by Gasteiger charge is 2.27. The van der Waals surface area contributed by atoms with Gasteiger partial charge in [-0.3, -0.25) is 0 Å². The number of nitrogens with one attached hydrogen (secondary N) is 1. The van der Waals surface area contributed by atoms with Gasteiger partial charge in [-0.1, -0.05) is 13.8 Å². The van der Waals surface area contributed by atoms with Crippen molar-refractivity contribution in [3.8, 4) is 0 Å². The Bertz CT molecular complexity index is 174. The van der Waals surface area contributed by atoms with Crippen LogP contribution in [0.4, 0.5) is 0 Å². The van der Waals surface area contributed by atoms with Crippen molar-refractivity contribution >= 4 is 23.5 Å². The van der Waals surface area contributed by atoms with Crippen LogP contribution in [0.25, 0.3) is 0 Å². The van der Waals surface area contributed by atoms with Crippen LogP contribution in [0.3, 0.4) is 0 Å². The summed E-state index contributed by atoms with van der Waals surface area (Å²) in [5.41, 5.74) is 0. The number of rotatable bonds is 7. The van der Waals surface area contributed by atoms with E-state index in [9.17, 15) is 0 Å². The molecule has 1 aliphatic heterocycles. The van der Waals surface area contributed by atoms with E-state index in [1.54, 1.807) is 7.11 Å². The fourth-order valence-corrected chi connectivity index (χ4v) is 5.14. The van der Waals surface area contributed by atoms with E-state index in [0.717, 1.165) is 24.8 Å². The first-order chi connectivity index (χ1) is 7.79. The van der Waals surface area contributed by atoms with Gasteiger partial charge in [-0.05, 0) is 18.9 Å². The van der Waals surface area contributed by atoms with Gasteiger partial charge in [-0.2, -0.15) is 23.5 Å². The largest absolute Gasteiger partial charge is 0.385 e. The summed E-state index contributed by atoms with van der Waals surface area (Å²) >= 11 is 4.26. The van der Waals surface area contributed by atoms with Crippen LogP contribution in [-0.4, -0.2) is 48.8 Å². The standard InChI is InChI=1S/C12H25NOS2/c1-4-13-12(10(2)5-6-14-3)11-9-15-7-8-16-11/h10-13H,4-9H2,1-3H3. The molecule has 0 spiro atoms. The maximum absolute atomic E-state index is 5.19. The second kappa shape index (κ2) is 8.67. The lowest BCUT2D eigenvalue weighted by Crippen LogP contribution is -2.45. The molecule has 0 bridgehead atoms. The summed E-state index contributed by atoms with van der Waals surface area (Å²) in [6.07, 6.45) is 1.16. The smallest absolute Gasteiger partial charge is 0.0465 e. The maximum Gasteiger partial charge on any atom is 0.0465 e. The molecule has 1 aliphatic rings. The van der Waals surface area contributed by atoms with Gasteiger partial charge in [0, 0.05) is 42.3 Å². The Morgan fingerprint density at radius 3 is 2.81 bits per heavy atom. The first-order valence-electron chi connectivity index (χ1n) is 6.21. The Morgan fingerprint density at radius 1 is 1.44 bits per heavy atom. The van der Waals surface area contributed by atoms with E-state index in [1.807, 2.05) is 0 Å². The molecule has 96 valence electrons. The summed E-state index contributed by atoms with van der Waals surface area (Å²) in [7, 11) is 1.79. The third kappa shape index (κ3) is 4.86. The van der Waals surface area contributed by atoms with Crippen LogP contribution in [0.2, 0.25) is 0 Å². The zero-order chi connectivity index (χ0) is 11.8. The number of hydrogen-bond donors (Lipinski definition) is 1. The molecule has 3 atom stereocenters. The minimum atomic E-state index is 0.651. The molecule has 0 radical (unpaired) electrons. The molecule has 0 aromatic carbocycles. The van der Waals surface area contributed by atoms with Crippen molar-refractivity contribution in [3.63, 3.8) is 0 Å². The van der Waals surface area contributed by atoms with E-state index in [0.29, 0.717) is 12.0 Å². The first kappa shape index (κ1) is 14.7. The van der Waals surface area contributed by atoms with E-state index >= 15 is 0 Å². The molecule has 1 heterocycles. The number of hydrogen-bond acceptors (Lipinski definition) is 4. The normalized spacial score (nSPS) is 25.3. The van der Waals surface area contributed by atoms with Crippen LogP contribution in [0.15, 0.2) is 0 Å². The highest BCUT2D eigenvalue weighted by molar-refractivity contribution is 8.06. The zero-order valence-electron chi connectivity index (χ0n) is 10.7. The van der Waals surface area contributed by atoms with Crippen LogP contribution in [0.1, 0.15) is 20.3 Å². The molecule has 1 fully saturated rings. The molecule has 0 saturated carbocycles. The van der Waals surface area contributed by atoms with Crippen molar-refractivity contribution in [2.75, 3.05) is 37.5 Å². The second-order valence-corrected chi connectivity index (χ2v) is 6.82. The zero-order valence-corrected chi connectivity index (χ0v) is 12.3. The SMILES string of the molecule is CCNC(C(C)CCOC)C1CSCCS1. The van der Waals surface area contributed by atoms with Gasteiger partial charge in [0.1, 0.15) is 0 Å². The van der Waals surface area contributed by atoms with E-state index in [2.05, 4.69) is 42.7 Å². The lowest BCUT2D eigenvalue weighted by molar-refractivity contribution is 0.170. The Morgan fingerprint density at radius 2 is 2.25 bits per heavy atom. The fourth-order valence-electron chi connectivity index (χ4n) is 2.13. The molecular formula is C12H25NOS2. The van der Waals surface area contributed by atoms with Crippen molar-refractivity contribution in [2.45, 2.75) is 31.6 Å². The lowest BCUT2D eigenvalue weighted by Gasteiger charge is -2.34. The highest BCUT2D eigenvalue weighted by Crippen LogP contribution is 2.30. The van der Waals surface area contributed by atoms with Gasteiger partial charge >= 0.3 is 0 Å². The monoisotopic (exact) mass is 263 g/mol. The number of thioether (sulfide) groups is 2. The molecule has 1 saturated heterocycles. The summed E-state index contributed by atoms with van der Waals surface area (Å²) in [6, 6.07) is 0.651. The Labute approximate surface area is 109 Å². The van der Waals surface area contributed by atoms with Gasteiger partial charge in [0.25, 0.3) is 0 Å². The molecule has 1 N–H and O–H groups in total. The van der Waals surface area contributed by atoms with Crippen LogP contribution >= 0.6 is 23.5 Å². The van der Waals surface area contributed by atoms with Gasteiger partial charge in [-0.25, -0.2) is 0 Å². The summed E-state index contributed by atoms with van der Waals surface area (Å²) in [4.78, 5) is 0. The molecule has 3 unspecified atom stereocenters. The van der Waals surface area contributed by atoms with Crippen molar-refractivity contribution in [1.29, 1.82) is 0 Å². The quantitative estimate of drug-likeness (QED) is 0.761. The van der Waals surface area contributed by atoms with Gasteiger partial charge in [0.15, 0.2) is 0 Å². The van der Waals surface area contributed by atoms with Gasteiger partial charge < -0.3 is 10.1 Å².